The van der Waals surface area contributed by atoms with Gasteiger partial charge in [-0.3, -0.25) is 4.79 Å². The van der Waals surface area contributed by atoms with Crippen LogP contribution in [0.5, 0.6) is 0 Å². The van der Waals surface area contributed by atoms with E-state index in [0.29, 0.717) is 5.02 Å². The molecule has 5 heteroatoms. The Morgan fingerprint density at radius 2 is 1.70 bits per heavy atom. The zero-order valence-corrected chi connectivity index (χ0v) is 16.6. The minimum atomic E-state index is -0.654. The Morgan fingerprint density at radius 3 is 2.33 bits per heavy atom. The number of carbonyl (C=O) groups excluding carboxylic acids is 2. The van der Waals surface area contributed by atoms with Crippen molar-refractivity contribution < 1.29 is 14.3 Å². The van der Waals surface area contributed by atoms with E-state index in [0.717, 1.165) is 11.1 Å². The third kappa shape index (κ3) is 4.69. The topological polar surface area (TPSA) is 46.6 Å². The Bertz CT molecular complexity index is 829. The number of halogens is 1. The van der Waals surface area contributed by atoms with Crippen LogP contribution in [0.25, 0.3) is 0 Å². The first kappa shape index (κ1) is 19.4. The molecule has 0 radical (unpaired) electrons. The Kier molecular flexibility index (Phi) is 5.56. The van der Waals surface area contributed by atoms with Gasteiger partial charge in [0.2, 0.25) is 5.91 Å². The van der Waals surface area contributed by atoms with Crippen LogP contribution >= 0.6 is 11.6 Å². The molecule has 0 aliphatic carbocycles. The molecule has 2 amide bonds. The van der Waals surface area contributed by atoms with E-state index in [-0.39, 0.29) is 30.7 Å². The summed E-state index contributed by atoms with van der Waals surface area (Å²) in [5.41, 5.74) is 1.44. The number of ether oxygens (including phenoxy) is 1. The summed E-state index contributed by atoms with van der Waals surface area (Å²) in [4.78, 5) is 26.5. The van der Waals surface area contributed by atoms with E-state index in [9.17, 15) is 9.59 Å². The van der Waals surface area contributed by atoms with Crippen molar-refractivity contribution in [1.29, 1.82) is 0 Å². The van der Waals surface area contributed by atoms with Gasteiger partial charge in [-0.1, -0.05) is 54.1 Å². The van der Waals surface area contributed by atoms with Crippen LogP contribution in [-0.4, -0.2) is 29.0 Å². The second-order valence-electron chi connectivity index (χ2n) is 7.87. The Labute approximate surface area is 165 Å². The molecule has 2 aromatic rings. The van der Waals surface area contributed by atoms with Crippen molar-refractivity contribution >= 4 is 23.6 Å². The molecule has 0 saturated carbocycles. The van der Waals surface area contributed by atoms with Crippen molar-refractivity contribution in [3.63, 3.8) is 0 Å². The van der Waals surface area contributed by atoms with Crippen LogP contribution in [0.1, 0.15) is 50.2 Å². The molecular formula is C22H24ClNO3. The first-order valence-electron chi connectivity index (χ1n) is 9.08. The molecule has 1 aliphatic rings. The van der Waals surface area contributed by atoms with E-state index < -0.39 is 11.7 Å². The van der Waals surface area contributed by atoms with Gasteiger partial charge in [-0.25, -0.2) is 9.69 Å². The molecule has 27 heavy (non-hydrogen) atoms. The number of amides is 2. The maximum absolute atomic E-state index is 12.7. The van der Waals surface area contributed by atoms with Crippen LogP contribution in [0.3, 0.4) is 0 Å². The number of imide groups is 1. The molecule has 1 heterocycles. The molecule has 1 saturated heterocycles. The van der Waals surface area contributed by atoms with Crippen molar-refractivity contribution in [2.75, 3.05) is 6.54 Å². The van der Waals surface area contributed by atoms with E-state index in [1.54, 1.807) is 20.8 Å². The fourth-order valence-corrected chi connectivity index (χ4v) is 3.68. The maximum atomic E-state index is 12.7. The van der Waals surface area contributed by atoms with E-state index in [2.05, 4.69) is 0 Å². The fraction of sp³-hybridized carbons (Fsp3) is 0.364. The summed E-state index contributed by atoms with van der Waals surface area (Å²) in [5, 5.41) is 0.639. The minimum absolute atomic E-state index is 0.0177. The van der Waals surface area contributed by atoms with Gasteiger partial charge in [-0.2, -0.15) is 0 Å². The van der Waals surface area contributed by atoms with Crippen molar-refractivity contribution in [3.05, 3.63) is 70.7 Å². The standard InChI is InChI=1S/C22H24ClNO3/c1-22(2,3)27-21(26)24-14-19(16-10-7-11-17(23)12-16)18(13-20(24)25)15-8-5-4-6-9-15/h4-12,18-19H,13-14H2,1-3H3. The van der Waals surface area contributed by atoms with E-state index in [4.69, 9.17) is 16.3 Å². The number of piperidine rings is 1. The SMILES string of the molecule is CC(C)(C)OC(=O)N1CC(c2cccc(Cl)c2)C(c2ccccc2)CC1=O. The smallest absolute Gasteiger partial charge is 0.417 e. The number of carbonyl (C=O) groups is 2. The third-order valence-corrected chi connectivity index (χ3v) is 4.91. The minimum Gasteiger partial charge on any atom is -0.443 e. The lowest BCUT2D eigenvalue weighted by atomic mass is 9.76. The van der Waals surface area contributed by atoms with Crippen molar-refractivity contribution in [2.24, 2.45) is 0 Å². The molecule has 2 aromatic carbocycles. The summed E-state index contributed by atoms with van der Waals surface area (Å²) >= 11 is 6.20. The number of benzene rings is 2. The number of hydrogen-bond acceptors (Lipinski definition) is 3. The van der Waals surface area contributed by atoms with Gasteiger partial charge >= 0.3 is 6.09 Å². The van der Waals surface area contributed by atoms with Crippen LogP contribution in [-0.2, 0) is 9.53 Å². The Hall–Kier alpha value is -2.33. The molecule has 1 fully saturated rings. The highest BCUT2D eigenvalue weighted by Gasteiger charge is 2.40. The van der Waals surface area contributed by atoms with Crippen LogP contribution in [0, 0.1) is 0 Å². The molecule has 4 nitrogen and oxygen atoms in total. The van der Waals surface area contributed by atoms with Crippen LogP contribution in [0.4, 0.5) is 4.79 Å². The van der Waals surface area contributed by atoms with Crippen molar-refractivity contribution in [2.45, 2.75) is 44.6 Å². The zero-order valence-electron chi connectivity index (χ0n) is 15.8. The zero-order chi connectivity index (χ0) is 19.6. The number of likely N-dealkylation sites (tertiary alicyclic amines) is 1. The normalized spacial score (nSPS) is 20.4. The molecule has 0 spiro atoms. The monoisotopic (exact) mass is 385 g/mol. The second kappa shape index (κ2) is 7.73. The van der Waals surface area contributed by atoms with Crippen LogP contribution < -0.4 is 0 Å². The lowest BCUT2D eigenvalue weighted by Gasteiger charge is -2.38. The van der Waals surface area contributed by atoms with Gasteiger partial charge in [-0.05, 0) is 44.0 Å². The summed E-state index contributed by atoms with van der Waals surface area (Å²) in [6.45, 7) is 5.65. The third-order valence-electron chi connectivity index (χ3n) is 4.68. The summed E-state index contributed by atoms with van der Waals surface area (Å²) < 4.78 is 5.44. The van der Waals surface area contributed by atoms with Gasteiger partial charge < -0.3 is 4.74 Å². The van der Waals surface area contributed by atoms with Crippen molar-refractivity contribution in [3.8, 4) is 0 Å². The molecular weight excluding hydrogens is 362 g/mol. The lowest BCUT2D eigenvalue weighted by Crippen LogP contribution is -2.47. The highest BCUT2D eigenvalue weighted by atomic mass is 35.5. The van der Waals surface area contributed by atoms with Gasteiger partial charge in [0.1, 0.15) is 5.60 Å². The summed E-state index contributed by atoms with van der Waals surface area (Å²) in [6, 6.07) is 17.6. The van der Waals surface area contributed by atoms with Gasteiger partial charge in [0.05, 0.1) is 0 Å². The largest absolute Gasteiger partial charge is 0.443 e. The number of rotatable bonds is 2. The predicted molar refractivity (Wildman–Crippen MR) is 106 cm³/mol. The quantitative estimate of drug-likeness (QED) is 0.697. The van der Waals surface area contributed by atoms with Gasteiger partial charge in [0.15, 0.2) is 0 Å². The molecule has 142 valence electrons. The van der Waals surface area contributed by atoms with Gasteiger partial charge in [-0.15, -0.1) is 0 Å². The summed E-state index contributed by atoms with van der Waals surface area (Å²) in [7, 11) is 0. The van der Waals surface area contributed by atoms with Crippen LogP contribution in [0.15, 0.2) is 54.6 Å². The van der Waals surface area contributed by atoms with E-state index in [1.165, 1.54) is 4.90 Å². The number of hydrogen-bond donors (Lipinski definition) is 0. The Morgan fingerprint density at radius 1 is 1.04 bits per heavy atom. The predicted octanol–water partition coefficient (Wildman–Crippen LogP) is 5.37. The second-order valence-corrected chi connectivity index (χ2v) is 8.30. The molecule has 2 unspecified atom stereocenters. The van der Waals surface area contributed by atoms with E-state index in [1.807, 2.05) is 54.6 Å². The molecule has 3 rings (SSSR count). The maximum Gasteiger partial charge on any atom is 0.417 e. The fourth-order valence-electron chi connectivity index (χ4n) is 3.49. The summed E-state index contributed by atoms with van der Waals surface area (Å²) in [5.74, 6) is -0.274. The lowest BCUT2D eigenvalue weighted by molar-refractivity contribution is -0.133. The highest BCUT2D eigenvalue weighted by molar-refractivity contribution is 6.30. The van der Waals surface area contributed by atoms with Gasteiger partial charge in [0.25, 0.3) is 0 Å². The molecule has 1 aliphatic heterocycles. The van der Waals surface area contributed by atoms with Crippen LogP contribution in [0.2, 0.25) is 5.02 Å². The molecule has 0 aromatic heterocycles. The number of nitrogens with zero attached hydrogens (tertiary/aromatic N) is 1. The molecule has 0 bridgehead atoms. The van der Waals surface area contributed by atoms with E-state index >= 15 is 0 Å². The first-order valence-corrected chi connectivity index (χ1v) is 9.46. The first-order chi connectivity index (χ1) is 12.7. The van der Waals surface area contributed by atoms with Gasteiger partial charge in [0, 0.05) is 29.8 Å². The highest BCUT2D eigenvalue weighted by Crippen LogP contribution is 2.41. The average Bonchev–Trinajstić information content (AvgIpc) is 2.60. The summed E-state index contributed by atoms with van der Waals surface area (Å²) in [6.07, 6.45) is -0.341. The average molecular weight is 386 g/mol. The molecule has 0 N–H and O–H groups in total. The Balaban J connectivity index is 1.95. The van der Waals surface area contributed by atoms with Crippen molar-refractivity contribution in [1.82, 2.24) is 4.90 Å². The molecule has 2 atom stereocenters.